The molecule has 4 unspecified atom stereocenters. The van der Waals surface area contributed by atoms with E-state index in [1.54, 1.807) is 47.1 Å². The SMILES string of the molecule is CCCCCCCCCCCCC(C(=O)Nc1cc(NC(=O)C(CCCCCCCCCCCC)S(=O)Oc2ccc(C)cc2)cc(-c2nc3cc(C(C)(C)C)[nH]n3n2)c1)S(=O)Oc1ccc(C)cc1. The number of aromatic amines is 1. The molecule has 3 aromatic carbocycles. The summed E-state index contributed by atoms with van der Waals surface area (Å²) in [5, 5.41) is 12.2. The molecular weight excluding hydrogens is 917 g/mol. The van der Waals surface area contributed by atoms with Gasteiger partial charge in [0.2, 0.25) is 34.0 Å². The molecule has 0 saturated heterocycles. The number of anilines is 2. The molecule has 0 aliphatic rings. The van der Waals surface area contributed by atoms with Crippen LogP contribution in [-0.2, 0) is 37.2 Å². The number of unbranched alkanes of at least 4 members (excludes halogenated alkanes) is 18. The van der Waals surface area contributed by atoms with Gasteiger partial charge in [0.15, 0.2) is 22.0 Å². The number of fused-ring (bicyclic) bond motifs is 1. The van der Waals surface area contributed by atoms with E-state index >= 15 is 0 Å². The summed E-state index contributed by atoms with van der Waals surface area (Å²) in [6.07, 6.45) is 23.3. The number of hydrogen-bond acceptors (Lipinski definition) is 8. The highest BCUT2D eigenvalue weighted by Crippen LogP contribution is 2.30. The van der Waals surface area contributed by atoms with Crippen LogP contribution in [0.25, 0.3) is 17.0 Å². The van der Waals surface area contributed by atoms with E-state index in [0.717, 1.165) is 55.3 Å². The standard InChI is InChI=1S/C56H82N6O6S2/c1-8-10-12-14-16-18-20-22-24-26-28-49(69(65)67-47-34-30-42(3)31-35-47)54(63)57-45-38-44(53-59-52-41-51(56(5,6)7)60-62(52)61-53)39-46(40-45)58-55(64)50(70(66)68-48-36-32-43(4)33-37-48)29-27-25-23-21-19-17-15-13-11-9-2/h30-41,49-50,60H,8-29H2,1-7H3,(H,57,63)(H,58,64). The summed E-state index contributed by atoms with van der Waals surface area (Å²) in [6, 6.07) is 21.6. The Bertz CT molecular complexity index is 2240. The minimum Gasteiger partial charge on any atom is -0.400 e. The van der Waals surface area contributed by atoms with Gasteiger partial charge in [-0.25, -0.2) is 13.4 Å². The van der Waals surface area contributed by atoms with Crippen LogP contribution in [0.1, 0.15) is 193 Å². The lowest BCUT2D eigenvalue weighted by atomic mass is 9.93. The fraction of sp³-hybridized carbons (Fsp3) is 0.571. The number of rotatable bonds is 33. The largest absolute Gasteiger partial charge is 0.400 e. The number of nitrogens with zero attached hydrogens (tertiary/aromatic N) is 3. The third kappa shape index (κ3) is 19.1. The molecule has 0 bridgehead atoms. The molecule has 12 nitrogen and oxygen atoms in total. The predicted octanol–water partition coefficient (Wildman–Crippen LogP) is 14.4. The molecule has 5 rings (SSSR count). The Morgan fingerprint density at radius 2 is 0.971 bits per heavy atom. The van der Waals surface area contributed by atoms with Crippen molar-refractivity contribution in [1.82, 2.24) is 19.8 Å². The first-order valence-corrected chi connectivity index (χ1v) is 28.6. The van der Waals surface area contributed by atoms with Gasteiger partial charge < -0.3 is 19.0 Å². The van der Waals surface area contributed by atoms with Crippen molar-refractivity contribution in [2.24, 2.45) is 0 Å². The molecule has 0 saturated carbocycles. The first-order valence-electron chi connectivity index (χ1n) is 26.3. The van der Waals surface area contributed by atoms with Crippen LogP contribution >= 0.6 is 0 Å². The number of H-pyrrole nitrogens is 1. The third-order valence-electron chi connectivity index (χ3n) is 12.8. The van der Waals surface area contributed by atoms with Gasteiger partial charge in [-0.1, -0.05) is 198 Å². The van der Waals surface area contributed by atoms with Gasteiger partial charge >= 0.3 is 0 Å². The van der Waals surface area contributed by atoms with Crippen LogP contribution in [0.3, 0.4) is 0 Å². The molecule has 384 valence electrons. The van der Waals surface area contributed by atoms with E-state index in [1.807, 2.05) is 44.2 Å². The Morgan fingerprint density at radius 1 is 0.586 bits per heavy atom. The van der Waals surface area contributed by atoms with Gasteiger partial charge in [-0.3, -0.25) is 14.7 Å². The quantitative estimate of drug-likeness (QED) is 0.0351. The molecule has 3 N–H and O–H groups in total. The summed E-state index contributed by atoms with van der Waals surface area (Å²) in [6.45, 7) is 14.7. The van der Waals surface area contributed by atoms with Gasteiger partial charge in [0.05, 0.1) is 0 Å². The number of carbonyl (C=O) groups excluding carboxylic acids is 2. The molecule has 0 radical (unpaired) electrons. The summed E-state index contributed by atoms with van der Waals surface area (Å²) in [7, 11) is 0. The molecule has 14 heteroatoms. The van der Waals surface area contributed by atoms with E-state index in [2.05, 4.69) is 50.4 Å². The van der Waals surface area contributed by atoms with Gasteiger partial charge in [0, 0.05) is 34.1 Å². The molecule has 0 aliphatic carbocycles. The Kier molecular flexibility index (Phi) is 23.6. The molecule has 5 aromatic rings. The zero-order valence-electron chi connectivity index (χ0n) is 43.2. The third-order valence-corrected chi connectivity index (χ3v) is 15.3. The van der Waals surface area contributed by atoms with Crippen molar-refractivity contribution in [3.05, 3.63) is 89.6 Å². The Hall–Kier alpha value is -4.82. The van der Waals surface area contributed by atoms with Crippen molar-refractivity contribution in [2.75, 3.05) is 10.6 Å². The van der Waals surface area contributed by atoms with Crippen LogP contribution in [0.15, 0.2) is 72.8 Å². The highest BCUT2D eigenvalue weighted by atomic mass is 32.2. The number of benzene rings is 3. The van der Waals surface area contributed by atoms with Crippen molar-refractivity contribution < 1.29 is 26.4 Å². The summed E-state index contributed by atoms with van der Waals surface area (Å²) in [4.78, 5) is 33.6. The Labute approximate surface area is 424 Å². The summed E-state index contributed by atoms with van der Waals surface area (Å²) in [5.41, 5.74) is 4.70. The molecule has 0 fully saturated rings. The van der Waals surface area contributed by atoms with E-state index < -0.39 is 44.5 Å². The molecule has 70 heavy (non-hydrogen) atoms. The lowest BCUT2D eigenvalue weighted by molar-refractivity contribution is -0.116. The van der Waals surface area contributed by atoms with E-state index in [-0.39, 0.29) is 5.41 Å². The molecule has 2 amide bonds. The normalized spacial score (nSPS) is 13.5. The highest BCUT2D eigenvalue weighted by molar-refractivity contribution is 7.82. The number of amides is 2. The maximum atomic E-state index is 14.4. The Morgan fingerprint density at radius 3 is 1.34 bits per heavy atom. The van der Waals surface area contributed by atoms with Crippen molar-refractivity contribution in [2.45, 2.75) is 206 Å². The van der Waals surface area contributed by atoms with Gasteiger partial charge in [0.25, 0.3) is 0 Å². The monoisotopic (exact) mass is 999 g/mol. The number of nitrogens with one attached hydrogen (secondary N) is 3. The van der Waals surface area contributed by atoms with Crippen LogP contribution in [0, 0.1) is 13.8 Å². The number of carbonyl (C=O) groups is 2. The van der Waals surface area contributed by atoms with Crippen LogP contribution in [0.4, 0.5) is 11.4 Å². The van der Waals surface area contributed by atoms with E-state index in [9.17, 15) is 18.0 Å². The second kappa shape index (κ2) is 29.5. The van der Waals surface area contributed by atoms with Crippen LogP contribution in [0.2, 0.25) is 0 Å². The van der Waals surface area contributed by atoms with Gasteiger partial charge in [0.1, 0.15) is 11.5 Å². The van der Waals surface area contributed by atoms with Crippen molar-refractivity contribution in [3.8, 4) is 22.9 Å². The lowest BCUT2D eigenvalue weighted by Crippen LogP contribution is -2.34. The molecule has 0 aliphatic heterocycles. The molecule has 4 atom stereocenters. The van der Waals surface area contributed by atoms with Crippen LogP contribution in [0.5, 0.6) is 11.5 Å². The molecular formula is C56H82N6O6S2. The highest BCUT2D eigenvalue weighted by Gasteiger charge is 2.30. The predicted molar refractivity (Wildman–Crippen MR) is 289 cm³/mol. The first-order chi connectivity index (χ1) is 33.7. The van der Waals surface area contributed by atoms with Crippen LogP contribution in [-0.4, -0.2) is 50.5 Å². The zero-order chi connectivity index (χ0) is 50.3. The summed E-state index contributed by atoms with van der Waals surface area (Å²) < 4.78 is 41.4. The number of hydrogen-bond donors (Lipinski definition) is 3. The summed E-state index contributed by atoms with van der Waals surface area (Å²) >= 11 is -4.01. The molecule has 2 heterocycles. The second-order valence-electron chi connectivity index (χ2n) is 20.1. The molecule has 2 aromatic heterocycles. The van der Waals surface area contributed by atoms with Crippen LogP contribution < -0.4 is 19.0 Å². The minimum atomic E-state index is -2.00. The number of aryl methyl sites for hydroxylation is 2. The topological polar surface area (TPSA) is 157 Å². The zero-order valence-corrected chi connectivity index (χ0v) is 44.9. The maximum absolute atomic E-state index is 14.4. The van der Waals surface area contributed by atoms with E-state index in [4.69, 9.17) is 18.4 Å². The van der Waals surface area contributed by atoms with E-state index in [0.29, 0.717) is 65.6 Å². The van der Waals surface area contributed by atoms with Gasteiger partial charge in [-0.2, -0.15) is 4.63 Å². The van der Waals surface area contributed by atoms with Crippen molar-refractivity contribution in [3.63, 3.8) is 0 Å². The second-order valence-corrected chi connectivity index (χ2v) is 22.6. The fourth-order valence-electron chi connectivity index (χ4n) is 8.39. The average Bonchev–Trinajstić information content (AvgIpc) is 3.93. The minimum absolute atomic E-state index is 0.161. The number of aromatic nitrogens is 4. The van der Waals surface area contributed by atoms with Crippen molar-refractivity contribution >= 4 is 51.0 Å². The molecule has 0 spiro atoms. The maximum Gasteiger partial charge on any atom is 0.243 e. The van der Waals surface area contributed by atoms with Gasteiger partial charge in [-0.15, -0.1) is 5.10 Å². The smallest absolute Gasteiger partial charge is 0.243 e. The summed E-state index contributed by atoms with van der Waals surface area (Å²) in [5.74, 6) is 0.261. The average molecular weight is 999 g/mol. The van der Waals surface area contributed by atoms with Crippen molar-refractivity contribution in [1.29, 1.82) is 0 Å². The first kappa shape index (κ1) is 56.1. The lowest BCUT2D eigenvalue weighted by Gasteiger charge is -2.19. The van der Waals surface area contributed by atoms with E-state index in [1.165, 1.54) is 77.0 Å². The Balaban J connectivity index is 1.38. The fourth-order valence-corrected chi connectivity index (χ4v) is 10.4. The van der Waals surface area contributed by atoms with Gasteiger partial charge in [-0.05, 0) is 69.2 Å².